The number of benzene rings is 2. The number of ether oxygens (including phenoxy) is 1. The number of carbonyl (C=O) groups excluding carboxylic acids is 1. The van der Waals surface area contributed by atoms with Gasteiger partial charge in [-0.3, -0.25) is 0 Å². The second-order valence-corrected chi connectivity index (χ2v) is 7.37. The Bertz CT molecular complexity index is 670. The molecule has 0 heterocycles. The van der Waals surface area contributed by atoms with Crippen molar-refractivity contribution in [1.29, 1.82) is 0 Å². The summed E-state index contributed by atoms with van der Waals surface area (Å²) in [5, 5.41) is 0.825. The summed E-state index contributed by atoms with van der Waals surface area (Å²) in [6, 6.07) is 13.2. The number of rotatable bonds is 5. The van der Waals surface area contributed by atoms with Crippen LogP contribution in [0.1, 0.15) is 27.0 Å². The summed E-state index contributed by atoms with van der Waals surface area (Å²) in [6.45, 7) is 5.99. The van der Waals surface area contributed by atoms with Gasteiger partial charge in [0, 0.05) is 11.5 Å². The largest absolute Gasteiger partial charge is 0.462 e. The van der Waals surface area contributed by atoms with Gasteiger partial charge in [0.25, 0.3) is 0 Å². The molecule has 0 amide bonds. The van der Waals surface area contributed by atoms with E-state index in [2.05, 4.69) is 0 Å². The van der Waals surface area contributed by atoms with Crippen molar-refractivity contribution in [1.82, 2.24) is 0 Å². The van der Waals surface area contributed by atoms with Crippen molar-refractivity contribution in [2.45, 2.75) is 20.8 Å². The molecule has 0 aliphatic rings. The van der Waals surface area contributed by atoms with Crippen LogP contribution in [0.2, 0.25) is 0 Å². The predicted octanol–water partition coefficient (Wildman–Crippen LogP) is 3.65. The number of hydrogen-bond donors (Lipinski definition) is 0. The first kappa shape index (κ1) is 16.5. The van der Waals surface area contributed by atoms with Gasteiger partial charge in [0.1, 0.15) is 7.80 Å². The predicted molar refractivity (Wildman–Crippen MR) is 90.9 cm³/mol. The van der Waals surface area contributed by atoms with Gasteiger partial charge in [-0.15, -0.1) is 0 Å². The van der Waals surface area contributed by atoms with Gasteiger partial charge in [-0.05, 0) is 31.9 Å². The zero-order valence-electron chi connectivity index (χ0n) is 13.2. The van der Waals surface area contributed by atoms with Gasteiger partial charge in [0.2, 0.25) is 0 Å². The smallest absolute Gasteiger partial charge is 0.338 e. The number of aryl methyl sites for hydroxylation is 3. The number of hydrogen-bond acceptors (Lipinski definition) is 3. The van der Waals surface area contributed by atoms with Crippen molar-refractivity contribution in [3.05, 3.63) is 64.7 Å². The molecule has 3 nitrogen and oxygen atoms in total. The molecule has 0 bridgehead atoms. The molecular weight excluding hydrogens is 295 g/mol. The Morgan fingerprint density at radius 3 is 2.23 bits per heavy atom. The molecule has 2 aromatic carbocycles. The van der Waals surface area contributed by atoms with Crippen molar-refractivity contribution in [3.8, 4) is 0 Å². The molecule has 1 unspecified atom stereocenters. The maximum atomic E-state index is 12.2. The van der Waals surface area contributed by atoms with Crippen LogP contribution in [0.15, 0.2) is 42.5 Å². The third-order valence-electron chi connectivity index (χ3n) is 3.54. The van der Waals surface area contributed by atoms with Gasteiger partial charge in [-0.25, -0.2) is 4.79 Å². The van der Waals surface area contributed by atoms with Gasteiger partial charge in [0.05, 0.1) is 12.2 Å². The third-order valence-corrected chi connectivity index (χ3v) is 5.17. The molecule has 4 heteroatoms. The summed E-state index contributed by atoms with van der Waals surface area (Å²) in [6.07, 6.45) is 0.379. The molecule has 0 aromatic heterocycles. The van der Waals surface area contributed by atoms with Crippen LogP contribution in [0.25, 0.3) is 0 Å². The molecule has 0 fully saturated rings. The van der Waals surface area contributed by atoms with E-state index in [1.807, 2.05) is 63.2 Å². The average Bonchev–Trinajstić information content (AvgIpc) is 2.47. The molecule has 22 heavy (non-hydrogen) atoms. The molecule has 0 spiro atoms. The molecule has 116 valence electrons. The highest BCUT2D eigenvalue weighted by molar-refractivity contribution is 7.53. The molecule has 2 aromatic rings. The Morgan fingerprint density at radius 2 is 1.64 bits per heavy atom. The van der Waals surface area contributed by atoms with E-state index in [-0.39, 0.29) is 12.6 Å². The van der Waals surface area contributed by atoms with E-state index >= 15 is 0 Å². The highest BCUT2D eigenvalue weighted by atomic mass is 31.1. The van der Waals surface area contributed by atoms with Gasteiger partial charge >= 0.3 is 5.97 Å². The van der Waals surface area contributed by atoms with Crippen molar-refractivity contribution in [2.75, 3.05) is 12.8 Å². The summed E-state index contributed by atoms with van der Waals surface area (Å²) in [4.78, 5) is 12.2. The quantitative estimate of drug-likeness (QED) is 0.624. The molecule has 1 atom stereocenters. The number of esters is 1. The first-order valence-electron chi connectivity index (χ1n) is 7.32. The highest BCUT2D eigenvalue weighted by Crippen LogP contribution is 2.20. The molecule has 0 aliphatic carbocycles. The first-order chi connectivity index (χ1) is 10.5. The molecule has 0 N–H and O–H groups in total. The minimum atomic E-state index is -1.90. The minimum absolute atomic E-state index is 0.179. The Hall–Kier alpha value is -1.86. The fourth-order valence-corrected chi connectivity index (χ4v) is 3.72. The van der Waals surface area contributed by atoms with Crippen LogP contribution in [0.4, 0.5) is 0 Å². The van der Waals surface area contributed by atoms with Crippen molar-refractivity contribution < 1.29 is 14.1 Å². The lowest BCUT2D eigenvalue weighted by atomic mass is 10.00. The average molecular weight is 316 g/mol. The van der Waals surface area contributed by atoms with E-state index in [1.54, 1.807) is 0 Å². The van der Waals surface area contributed by atoms with Crippen LogP contribution < -0.4 is 5.30 Å². The Balaban J connectivity index is 1.95. The Morgan fingerprint density at radius 1 is 1.05 bits per heavy atom. The van der Waals surface area contributed by atoms with Crippen LogP contribution in [0.5, 0.6) is 0 Å². The zero-order valence-corrected chi connectivity index (χ0v) is 14.2. The summed E-state index contributed by atoms with van der Waals surface area (Å²) in [5.74, 6) is -0.335. The topological polar surface area (TPSA) is 43.4 Å². The van der Waals surface area contributed by atoms with E-state index in [9.17, 15) is 9.36 Å². The van der Waals surface area contributed by atoms with E-state index in [1.165, 1.54) is 0 Å². The standard InChI is InChI=1S/C18H21O3P/c1-13-11-14(2)17(15(3)12-13)18(19)21-9-10-22(20)16-7-5-4-6-8-16/h4-8,11-12,22H,9-10H2,1-3H3. The maximum absolute atomic E-state index is 12.2. The third kappa shape index (κ3) is 4.08. The van der Waals surface area contributed by atoms with Crippen molar-refractivity contribution in [2.24, 2.45) is 0 Å². The summed E-state index contributed by atoms with van der Waals surface area (Å²) < 4.78 is 17.4. The van der Waals surface area contributed by atoms with E-state index in [0.717, 1.165) is 22.0 Å². The van der Waals surface area contributed by atoms with Crippen LogP contribution >= 0.6 is 7.80 Å². The van der Waals surface area contributed by atoms with Gasteiger partial charge in [-0.1, -0.05) is 48.0 Å². The van der Waals surface area contributed by atoms with Crippen LogP contribution in [0.3, 0.4) is 0 Å². The second-order valence-electron chi connectivity index (χ2n) is 5.45. The Labute approximate surface area is 132 Å². The SMILES string of the molecule is Cc1cc(C)c(C(=O)OCC[PH](=O)c2ccccc2)c(C)c1. The van der Waals surface area contributed by atoms with Gasteiger partial charge in [0.15, 0.2) is 0 Å². The van der Waals surface area contributed by atoms with Crippen molar-refractivity contribution in [3.63, 3.8) is 0 Å². The highest BCUT2D eigenvalue weighted by Gasteiger charge is 2.14. The molecule has 2 rings (SSSR count). The van der Waals surface area contributed by atoms with Crippen LogP contribution in [-0.2, 0) is 9.30 Å². The second kappa shape index (κ2) is 7.42. The van der Waals surface area contributed by atoms with Crippen LogP contribution in [-0.4, -0.2) is 18.7 Å². The summed E-state index contributed by atoms with van der Waals surface area (Å²) in [7, 11) is -1.90. The molecule has 0 radical (unpaired) electrons. The lowest BCUT2D eigenvalue weighted by Gasteiger charge is -2.11. The molecular formula is C18H21O3P. The minimum Gasteiger partial charge on any atom is -0.462 e. The molecule has 0 saturated carbocycles. The number of carbonyl (C=O) groups is 1. The Kier molecular flexibility index (Phi) is 5.57. The van der Waals surface area contributed by atoms with Gasteiger partial charge < -0.3 is 9.30 Å². The lowest BCUT2D eigenvalue weighted by Crippen LogP contribution is -2.12. The fourth-order valence-electron chi connectivity index (χ4n) is 2.58. The molecule has 0 aliphatic heterocycles. The van der Waals surface area contributed by atoms with Gasteiger partial charge in [-0.2, -0.15) is 0 Å². The van der Waals surface area contributed by atoms with Crippen LogP contribution in [0, 0.1) is 20.8 Å². The fraction of sp³-hybridized carbons (Fsp3) is 0.278. The first-order valence-corrected chi connectivity index (χ1v) is 8.94. The summed E-state index contributed by atoms with van der Waals surface area (Å²) in [5.41, 5.74) is 3.57. The molecule has 0 saturated heterocycles. The van der Waals surface area contributed by atoms with Crippen molar-refractivity contribution >= 4 is 19.1 Å². The van der Waals surface area contributed by atoms with E-state index < -0.39 is 7.80 Å². The summed E-state index contributed by atoms with van der Waals surface area (Å²) >= 11 is 0. The van der Waals surface area contributed by atoms with E-state index in [4.69, 9.17) is 4.74 Å². The monoisotopic (exact) mass is 316 g/mol. The normalized spacial score (nSPS) is 12.0. The maximum Gasteiger partial charge on any atom is 0.338 e. The lowest BCUT2D eigenvalue weighted by molar-refractivity contribution is 0.0527. The zero-order chi connectivity index (χ0) is 16.1. The van der Waals surface area contributed by atoms with E-state index in [0.29, 0.717) is 11.7 Å².